The molecule has 0 spiro atoms. The van der Waals surface area contributed by atoms with Gasteiger partial charge in [-0.05, 0) is 48.5 Å². The molecule has 0 atom stereocenters. The minimum atomic E-state index is -3.66. The molecule has 5 nitrogen and oxygen atoms in total. The highest BCUT2D eigenvalue weighted by atomic mass is 32.2. The zero-order chi connectivity index (χ0) is 16.0. The zero-order valence-corrected chi connectivity index (χ0v) is 12.8. The fourth-order valence-electron chi connectivity index (χ4n) is 1.71. The van der Waals surface area contributed by atoms with Crippen molar-refractivity contribution in [3.63, 3.8) is 0 Å². The van der Waals surface area contributed by atoms with Gasteiger partial charge < -0.3 is 9.47 Å². The van der Waals surface area contributed by atoms with Crippen molar-refractivity contribution in [2.75, 3.05) is 20.3 Å². The standard InChI is InChI=1S/C15H16FNO4S/c1-20-13-4-6-14(7-5-13)21-11-10-17-22(18,19)15-8-2-12(16)3-9-15/h2-9,17H,10-11H2,1H3. The average Bonchev–Trinajstić information content (AvgIpc) is 2.52. The Balaban J connectivity index is 1.83. The Morgan fingerprint density at radius 1 is 1.00 bits per heavy atom. The van der Waals surface area contributed by atoms with Gasteiger partial charge in [0.15, 0.2) is 0 Å². The van der Waals surface area contributed by atoms with Crippen LogP contribution in [0, 0.1) is 5.82 Å². The molecular formula is C15H16FNO4S. The Labute approximate surface area is 128 Å². The van der Waals surface area contributed by atoms with Crippen LogP contribution in [0.1, 0.15) is 0 Å². The van der Waals surface area contributed by atoms with Gasteiger partial charge >= 0.3 is 0 Å². The molecule has 0 heterocycles. The summed E-state index contributed by atoms with van der Waals surface area (Å²) in [4.78, 5) is 0.0124. The molecule has 7 heteroatoms. The molecule has 0 amide bonds. The predicted molar refractivity (Wildman–Crippen MR) is 80.1 cm³/mol. The molecular weight excluding hydrogens is 309 g/mol. The molecule has 0 aliphatic heterocycles. The Hall–Kier alpha value is -2.12. The smallest absolute Gasteiger partial charge is 0.240 e. The number of ether oxygens (including phenoxy) is 2. The fourth-order valence-corrected chi connectivity index (χ4v) is 2.73. The third-order valence-corrected chi connectivity index (χ3v) is 4.32. The van der Waals surface area contributed by atoms with Crippen molar-refractivity contribution >= 4 is 10.0 Å². The van der Waals surface area contributed by atoms with E-state index in [1.54, 1.807) is 31.4 Å². The van der Waals surface area contributed by atoms with Crippen LogP contribution in [0.5, 0.6) is 11.5 Å². The maximum atomic E-state index is 12.8. The van der Waals surface area contributed by atoms with Crippen LogP contribution in [-0.2, 0) is 10.0 Å². The lowest BCUT2D eigenvalue weighted by molar-refractivity contribution is 0.322. The third kappa shape index (κ3) is 4.44. The Morgan fingerprint density at radius 3 is 2.18 bits per heavy atom. The highest BCUT2D eigenvalue weighted by Crippen LogP contribution is 2.16. The molecule has 0 bridgehead atoms. The van der Waals surface area contributed by atoms with Crippen LogP contribution in [0.4, 0.5) is 4.39 Å². The van der Waals surface area contributed by atoms with Gasteiger partial charge in [0, 0.05) is 6.54 Å². The molecule has 0 saturated heterocycles. The van der Waals surface area contributed by atoms with Gasteiger partial charge in [-0.2, -0.15) is 0 Å². The van der Waals surface area contributed by atoms with E-state index in [0.717, 1.165) is 12.1 Å². The summed E-state index contributed by atoms with van der Waals surface area (Å²) in [7, 11) is -2.09. The normalized spacial score (nSPS) is 11.2. The van der Waals surface area contributed by atoms with Gasteiger partial charge in [0.2, 0.25) is 10.0 Å². The molecule has 0 saturated carbocycles. The van der Waals surface area contributed by atoms with Crippen LogP contribution in [0.25, 0.3) is 0 Å². The molecule has 0 aromatic heterocycles. The molecule has 2 aromatic rings. The first kappa shape index (κ1) is 16.3. The van der Waals surface area contributed by atoms with Crippen molar-refractivity contribution in [2.45, 2.75) is 4.90 Å². The summed E-state index contributed by atoms with van der Waals surface area (Å²) < 4.78 is 49.5. The molecule has 2 rings (SSSR count). The second-order valence-electron chi connectivity index (χ2n) is 4.38. The summed E-state index contributed by atoms with van der Waals surface area (Å²) in [6.45, 7) is 0.276. The Kier molecular flexibility index (Phi) is 5.35. The van der Waals surface area contributed by atoms with Crippen molar-refractivity contribution in [1.29, 1.82) is 0 Å². The maximum absolute atomic E-state index is 12.8. The van der Waals surface area contributed by atoms with Crippen LogP contribution in [0.3, 0.4) is 0 Å². The van der Waals surface area contributed by atoms with Gasteiger partial charge in [-0.25, -0.2) is 17.5 Å². The topological polar surface area (TPSA) is 64.6 Å². The lowest BCUT2D eigenvalue weighted by atomic mass is 10.3. The summed E-state index contributed by atoms with van der Waals surface area (Å²) in [5.74, 6) is 0.841. The van der Waals surface area contributed by atoms with Crippen LogP contribution in [0.15, 0.2) is 53.4 Å². The van der Waals surface area contributed by atoms with Gasteiger partial charge in [0.05, 0.1) is 12.0 Å². The summed E-state index contributed by atoms with van der Waals surface area (Å²) in [6, 6.07) is 11.6. The molecule has 22 heavy (non-hydrogen) atoms. The first-order chi connectivity index (χ1) is 10.5. The van der Waals surface area contributed by atoms with Gasteiger partial charge in [-0.15, -0.1) is 0 Å². The maximum Gasteiger partial charge on any atom is 0.240 e. The number of rotatable bonds is 7. The molecule has 2 aromatic carbocycles. The summed E-state index contributed by atoms with van der Waals surface area (Å²) in [6.07, 6.45) is 0. The van der Waals surface area contributed by atoms with E-state index in [-0.39, 0.29) is 18.0 Å². The van der Waals surface area contributed by atoms with E-state index < -0.39 is 15.8 Å². The van der Waals surface area contributed by atoms with Gasteiger partial charge in [-0.3, -0.25) is 0 Å². The predicted octanol–water partition coefficient (Wildman–Crippen LogP) is 2.19. The molecule has 0 aliphatic rings. The van der Waals surface area contributed by atoms with Crippen LogP contribution < -0.4 is 14.2 Å². The van der Waals surface area contributed by atoms with Crippen molar-refractivity contribution in [3.8, 4) is 11.5 Å². The van der Waals surface area contributed by atoms with Crippen LogP contribution in [-0.4, -0.2) is 28.7 Å². The number of nitrogens with one attached hydrogen (secondary N) is 1. The quantitative estimate of drug-likeness (QED) is 0.793. The molecule has 0 unspecified atom stereocenters. The van der Waals surface area contributed by atoms with E-state index in [1.165, 1.54) is 12.1 Å². The molecule has 0 aliphatic carbocycles. The first-order valence-electron chi connectivity index (χ1n) is 6.53. The number of sulfonamides is 1. The number of hydrogen-bond acceptors (Lipinski definition) is 4. The third-order valence-electron chi connectivity index (χ3n) is 2.85. The highest BCUT2D eigenvalue weighted by Gasteiger charge is 2.13. The molecule has 1 N–H and O–H groups in total. The lowest BCUT2D eigenvalue weighted by Crippen LogP contribution is -2.28. The zero-order valence-electron chi connectivity index (χ0n) is 12.0. The van der Waals surface area contributed by atoms with E-state index >= 15 is 0 Å². The van der Waals surface area contributed by atoms with Gasteiger partial charge in [0.1, 0.15) is 23.9 Å². The molecule has 0 fully saturated rings. The van der Waals surface area contributed by atoms with E-state index in [9.17, 15) is 12.8 Å². The highest BCUT2D eigenvalue weighted by molar-refractivity contribution is 7.89. The van der Waals surface area contributed by atoms with Gasteiger partial charge in [-0.1, -0.05) is 0 Å². The van der Waals surface area contributed by atoms with Gasteiger partial charge in [0.25, 0.3) is 0 Å². The molecule has 118 valence electrons. The second kappa shape index (κ2) is 7.24. The van der Waals surface area contributed by atoms with E-state index in [4.69, 9.17) is 9.47 Å². The number of methoxy groups -OCH3 is 1. The largest absolute Gasteiger partial charge is 0.497 e. The fraction of sp³-hybridized carbons (Fsp3) is 0.200. The SMILES string of the molecule is COc1ccc(OCCNS(=O)(=O)c2ccc(F)cc2)cc1. The van der Waals surface area contributed by atoms with E-state index in [2.05, 4.69) is 4.72 Å². The van der Waals surface area contributed by atoms with Crippen LogP contribution in [0.2, 0.25) is 0 Å². The van der Waals surface area contributed by atoms with Crippen molar-refractivity contribution in [2.24, 2.45) is 0 Å². The Bertz CT molecular complexity index is 699. The number of benzene rings is 2. The Morgan fingerprint density at radius 2 is 1.59 bits per heavy atom. The van der Waals surface area contributed by atoms with Crippen molar-refractivity contribution in [1.82, 2.24) is 4.72 Å². The minimum Gasteiger partial charge on any atom is -0.497 e. The number of halogens is 1. The van der Waals surface area contributed by atoms with Crippen molar-refractivity contribution < 1.29 is 22.3 Å². The first-order valence-corrected chi connectivity index (χ1v) is 8.02. The van der Waals surface area contributed by atoms with Crippen molar-refractivity contribution in [3.05, 3.63) is 54.3 Å². The molecule has 0 radical (unpaired) electrons. The van der Waals surface area contributed by atoms with Crippen LogP contribution >= 0.6 is 0 Å². The lowest BCUT2D eigenvalue weighted by Gasteiger charge is -2.09. The summed E-state index contributed by atoms with van der Waals surface area (Å²) >= 11 is 0. The average molecular weight is 325 g/mol. The monoisotopic (exact) mass is 325 g/mol. The number of hydrogen-bond donors (Lipinski definition) is 1. The van der Waals surface area contributed by atoms with E-state index in [0.29, 0.717) is 11.5 Å². The van der Waals surface area contributed by atoms with E-state index in [1.807, 2.05) is 0 Å². The summed E-state index contributed by atoms with van der Waals surface area (Å²) in [5, 5.41) is 0. The minimum absolute atomic E-state index is 0.0124. The summed E-state index contributed by atoms with van der Waals surface area (Å²) in [5.41, 5.74) is 0. The second-order valence-corrected chi connectivity index (χ2v) is 6.14.